The van der Waals surface area contributed by atoms with Crippen molar-refractivity contribution in [3.05, 3.63) is 18.2 Å². The summed E-state index contributed by atoms with van der Waals surface area (Å²) in [5.41, 5.74) is 1.26. The third-order valence-electron chi connectivity index (χ3n) is 3.08. The Labute approximate surface area is 96.4 Å². The topological polar surface area (TPSA) is 42.3 Å². The van der Waals surface area contributed by atoms with Crippen LogP contribution in [0.2, 0.25) is 0 Å². The van der Waals surface area contributed by atoms with Crippen molar-refractivity contribution in [3.8, 4) is 0 Å². The molecule has 5 heteroatoms. The van der Waals surface area contributed by atoms with Crippen molar-refractivity contribution in [3.63, 3.8) is 0 Å². The molecule has 1 aromatic rings. The van der Waals surface area contributed by atoms with Crippen LogP contribution in [0.3, 0.4) is 0 Å². The molecule has 0 bridgehead atoms. The van der Waals surface area contributed by atoms with Crippen LogP contribution in [-0.4, -0.2) is 54.3 Å². The van der Waals surface area contributed by atoms with Gasteiger partial charge in [-0.3, -0.25) is 4.90 Å². The lowest BCUT2D eigenvalue weighted by atomic mass is 10.1. The van der Waals surface area contributed by atoms with Crippen molar-refractivity contribution in [1.29, 1.82) is 0 Å². The summed E-state index contributed by atoms with van der Waals surface area (Å²) in [6.45, 7) is 4.60. The van der Waals surface area contributed by atoms with Crippen molar-refractivity contribution in [2.75, 3.05) is 39.9 Å². The summed E-state index contributed by atoms with van der Waals surface area (Å²) in [4.78, 5) is 6.65. The van der Waals surface area contributed by atoms with Crippen molar-refractivity contribution in [2.24, 2.45) is 7.05 Å². The number of nitrogens with one attached hydrogen (secondary N) is 1. The molecule has 1 aliphatic heterocycles. The Balaban J connectivity index is 2.12. The van der Waals surface area contributed by atoms with Gasteiger partial charge in [0.1, 0.15) is 0 Å². The maximum Gasteiger partial charge on any atom is 0.0946 e. The number of ether oxygens (including phenoxy) is 1. The number of nitrogens with zero attached hydrogens (tertiary/aromatic N) is 3. The molecule has 2 heterocycles. The summed E-state index contributed by atoms with van der Waals surface area (Å²) in [6.07, 6.45) is 3.82. The molecule has 90 valence electrons. The van der Waals surface area contributed by atoms with E-state index < -0.39 is 0 Å². The largest absolute Gasteiger partial charge is 0.379 e. The summed E-state index contributed by atoms with van der Waals surface area (Å²) < 4.78 is 7.49. The number of imidazole rings is 1. The number of hydrogen-bond donors (Lipinski definition) is 1. The summed E-state index contributed by atoms with van der Waals surface area (Å²) in [7, 11) is 4.04. The zero-order valence-corrected chi connectivity index (χ0v) is 10.0. The molecule has 1 N–H and O–H groups in total. The highest BCUT2D eigenvalue weighted by molar-refractivity contribution is 5.06. The predicted octanol–water partition coefficient (Wildman–Crippen LogP) is 0.0128. The van der Waals surface area contributed by atoms with E-state index in [9.17, 15) is 0 Å². The minimum absolute atomic E-state index is 0.390. The molecule has 1 fully saturated rings. The first-order chi connectivity index (χ1) is 7.83. The molecule has 0 radical (unpaired) electrons. The minimum atomic E-state index is 0.390. The van der Waals surface area contributed by atoms with Gasteiger partial charge in [0.2, 0.25) is 0 Å². The molecule has 1 aliphatic rings. The molecule has 1 atom stereocenters. The van der Waals surface area contributed by atoms with Crippen LogP contribution >= 0.6 is 0 Å². The fraction of sp³-hybridized carbons (Fsp3) is 0.727. The average molecular weight is 224 g/mol. The Morgan fingerprint density at radius 2 is 2.25 bits per heavy atom. The summed E-state index contributed by atoms with van der Waals surface area (Å²) in [5, 5.41) is 3.26. The van der Waals surface area contributed by atoms with Gasteiger partial charge in [-0.25, -0.2) is 4.98 Å². The van der Waals surface area contributed by atoms with Crippen LogP contribution in [0.4, 0.5) is 0 Å². The second-order valence-electron chi connectivity index (χ2n) is 4.15. The van der Waals surface area contributed by atoms with Crippen LogP contribution in [0.5, 0.6) is 0 Å². The summed E-state index contributed by atoms with van der Waals surface area (Å²) in [6, 6.07) is 0.390. The summed E-state index contributed by atoms with van der Waals surface area (Å²) in [5.74, 6) is 0. The van der Waals surface area contributed by atoms with Crippen LogP contribution in [0.15, 0.2) is 12.5 Å². The van der Waals surface area contributed by atoms with Crippen LogP contribution in [0.1, 0.15) is 11.7 Å². The highest BCUT2D eigenvalue weighted by atomic mass is 16.5. The SMILES string of the molecule is CNCC(c1cncn1C)N1CCOCC1. The van der Waals surface area contributed by atoms with Gasteiger partial charge in [0.25, 0.3) is 0 Å². The van der Waals surface area contributed by atoms with Gasteiger partial charge in [-0.1, -0.05) is 0 Å². The minimum Gasteiger partial charge on any atom is -0.379 e. The fourth-order valence-corrected chi connectivity index (χ4v) is 2.19. The van der Waals surface area contributed by atoms with Gasteiger partial charge < -0.3 is 14.6 Å². The van der Waals surface area contributed by atoms with Gasteiger partial charge in [-0.15, -0.1) is 0 Å². The van der Waals surface area contributed by atoms with Crippen molar-refractivity contribution in [2.45, 2.75) is 6.04 Å². The molecule has 0 amide bonds. The van der Waals surface area contributed by atoms with Crippen LogP contribution in [-0.2, 0) is 11.8 Å². The van der Waals surface area contributed by atoms with Gasteiger partial charge in [0.05, 0.1) is 31.3 Å². The normalized spacial score (nSPS) is 19.9. The molecule has 5 nitrogen and oxygen atoms in total. The molecule has 0 aliphatic carbocycles. The molecule has 1 saturated heterocycles. The Hall–Kier alpha value is -0.910. The van der Waals surface area contributed by atoms with E-state index in [1.807, 2.05) is 26.6 Å². The first-order valence-corrected chi connectivity index (χ1v) is 5.75. The molecule has 0 spiro atoms. The van der Waals surface area contributed by atoms with Gasteiger partial charge in [0, 0.05) is 32.9 Å². The Morgan fingerprint density at radius 1 is 1.50 bits per heavy atom. The third kappa shape index (κ3) is 2.42. The first kappa shape index (κ1) is 11.6. The van der Waals surface area contributed by atoms with Gasteiger partial charge in [0.15, 0.2) is 0 Å². The van der Waals surface area contributed by atoms with Gasteiger partial charge in [-0.2, -0.15) is 0 Å². The van der Waals surface area contributed by atoms with E-state index in [0.717, 1.165) is 32.8 Å². The Kier molecular flexibility index (Phi) is 3.93. The van der Waals surface area contributed by atoms with E-state index in [1.54, 1.807) is 0 Å². The standard InChI is InChI=1S/C11H20N4O/c1-12-7-11(10-8-13-9-14(10)2)15-3-5-16-6-4-15/h8-9,11-12H,3-7H2,1-2H3. The van der Waals surface area contributed by atoms with Crippen LogP contribution in [0.25, 0.3) is 0 Å². The smallest absolute Gasteiger partial charge is 0.0946 e. The van der Waals surface area contributed by atoms with Gasteiger partial charge >= 0.3 is 0 Å². The molecule has 0 aromatic carbocycles. The zero-order valence-electron chi connectivity index (χ0n) is 10.0. The van der Waals surface area contributed by atoms with E-state index in [-0.39, 0.29) is 0 Å². The second-order valence-corrected chi connectivity index (χ2v) is 4.15. The predicted molar refractivity (Wildman–Crippen MR) is 62.3 cm³/mol. The lowest BCUT2D eigenvalue weighted by Crippen LogP contribution is -2.42. The fourth-order valence-electron chi connectivity index (χ4n) is 2.19. The van der Waals surface area contributed by atoms with E-state index in [2.05, 4.69) is 19.8 Å². The molecule has 16 heavy (non-hydrogen) atoms. The highest BCUT2D eigenvalue weighted by Gasteiger charge is 2.23. The molecule has 1 aromatic heterocycles. The monoisotopic (exact) mass is 224 g/mol. The van der Waals surface area contributed by atoms with E-state index in [4.69, 9.17) is 4.74 Å². The van der Waals surface area contributed by atoms with Crippen molar-refractivity contribution >= 4 is 0 Å². The van der Waals surface area contributed by atoms with E-state index >= 15 is 0 Å². The van der Waals surface area contributed by atoms with E-state index in [1.165, 1.54) is 5.69 Å². The number of hydrogen-bond acceptors (Lipinski definition) is 4. The lowest BCUT2D eigenvalue weighted by Gasteiger charge is -2.34. The molecule has 2 rings (SSSR count). The quantitative estimate of drug-likeness (QED) is 0.782. The average Bonchev–Trinajstić information content (AvgIpc) is 2.73. The Morgan fingerprint density at radius 3 is 2.81 bits per heavy atom. The number of aryl methyl sites for hydroxylation is 1. The first-order valence-electron chi connectivity index (χ1n) is 5.75. The van der Waals surface area contributed by atoms with Crippen molar-refractivity contribution < 1.29 is 4.74 Å². The second kappa shape index (κ2) is 5.43. The molecular weight excluding hydrogens is 204 g/mol. The lowest BCUT2D eigenvalue weighted by molar-refractivity contribution is 0.0151. The Bertz CT molecular complexity index is 320. The number of likely N-dealkylation sites (N-methyl/N-ethyl adjacent to an activating group) is 1. The zero-order chi connectivity index (χ0) is 11.4. The number of morpholine rings is 1. The maximum absolute atomic E-state index is 5.39. The molecule has 0 saturated carbocycles. The maximum atomic E-state index is 5.39. The number of rotatable bonds is 4. The number of aromatic nitrogens is 2. The van der Waals surface area contributed by atoms with Gasteiger partial charge in [-0.05, 0) is 7.05 Å². The van der Waals surface area contributed by atoms with Crippen molar-refractivity contribution in [1.82, 2.24) is 19.8 Å². The van der Waals surface area contributed by atoms with E-state index in [0.29, 0.717) is 6.04 Å². The van der Waals surface area contributed by atoms with Crippen LogP contribution < -0.4 is 5.32 Å². The van der Waals surface area contributed by atoms with Crippen LogP contribution in [0, 0.1) is 0 Å². The molecular formula is C11H20N4O. The summed E-state index contributed by atoms with van der Waals surface area (Å²) >= 11 is 0. The third-order valence-corrected chi connectivity index (χ3v) is 3.08. The molecule has 1 unspecified atom stereocenters. The highest BCUT2D eigenvalue weighted by Crippen LogP contribution is 2.20.